The molecule has 1 aliphatic rings. The van der Waals surface area contributed by atoms with Crippen LogP contribution in [0.25, 0.3) is 0 Å². The highest BCUT2D eigenvalue weighted by molar-refractivity contribution is 6.31. The lowest BCUT2D eigenvalue weighted by Gasteiger charge is -2.31. The summed E-state index contributed by atoms with van der Waals surface area (Å²) in [6, 6.07) is 6.19. The van der Waals surface area contributed by atoms with E-state index in [4.69, 9.17) is 16.3 Å². The lowest BCUT2D eigenvalue weighted by atomic mass is 9.93. The van der Waals surface area contributed by atoms with Gasteiger partial charge in [-0.25, -0.2) is 4.79 Å². The maximum Gasteiger partial charge on any atom is 0.410 e. The maximum atomic E-state index is 12.3. The van der Waals surface area contributed by atoms with E-state index in [2.05, 4.69) is 11.4 Å². The van der Waals surface area contributed by atoms with Gasteiger partial charge in [0.1, 0.15) is 5.60 Å². The fourth-order valence-electron chi connectivity index (χ4n) is 2.72. The number of rotatable bonds is 2. The molecule has 1 N–H and O–H groups in total. The second-order valence-corrected chi connectivity index (χ2v) is 7.34. The summed E-state index contributed by atoms with van der Waals surface area (Å²) in [5, 5.41) is 4.13. The van der Waals surface area contributed by atoms with Crippen LogP contribution >= 0.6 is 11.6 Å². The van der Waals surface area contributed by atoms with E-state index >= 15 is 0 Å². The van der Waals surface area contributed by atoms with Gasteiger partial charge in [-0.15, -0.1) is 0 Å². The van der Waals surface area contributed by atoms with Crippen molar-refractivity contribution in [1.29, 1.82) is 0 Å². The fraction of sp³-hybridized carbons (Fsp3) is 0.588. The average molecular weight is 325 g/mol. The Balaban J connectivity index is 2.16. The Morgan fingerprint density at radius 3 is 2.64 bits per heavy atom. The number of benzene rings is 1. The second kappa shape index (κ2) is 6.47. The normalized spacial score (nSPS) is 21.7. The summed E-state index contributed by atoms with van der Waals surface area (Å²) in [5.74, 6) is 0.218. The number of halogens is 1. The highest BCUT2D eigenvalue weighted by atomic mass is 35.5. The molecule has 0 saturated carbocycles. The van der Waals surface area contributed by atoms with Gasteiger partial charge in [0.05, 0.1) is 6.04 Å². The van der Waals surface area contributed by atoms with Crippen LogP contribution in [-0.4, -0.2) is 42.8 Å². The first-order valence-electron chi connectivity index (χ1n) is 7.61. The number of nitrogens with zero attached hydrogens (tertiary/aromatic N) is 1. The van der Waals surface area contributed by atoms with Gasteiger partial charge in [-0.3, -0.25) is 0 Å². The van der Waals surface area contributed by atoms with Crippen molar-refractivity contribution in [3.63, 3.8) is 0 Å². The molecule has 5 heteroatoms. The summed E-state index contributed by atoms with van der Waals surface area (Å²) >= 11 is 6.24. The highest BCUT2D eigenvalue weighted by Gasteiger charge is 2.35. The third-order valence-corrected chi connectivity index (χ3v) is 4.39. The van der Waals surface area contributed by atoms with Crippen LogP contribution in [0.15, 0.2) is 18.2 Å². The smallest absolute Gasteiger partial charge is 0.410 e. The molecule has 2 rings (SSSR count). The van der Waals surface area contributed by atoms with Crippen LogP contribution in [-0.2, 0) is 4.74 Å². The summed E-state index contributed by atoms with van der Waals surface area (Å²) in [6.07, 6.45) is -0.288. The van der Waals surface area contributed by atoms with Gasteiger partial charge in [-0.2, -0.15) is 0 Å². The molecule has 4 nitrogen and oxygen atoms in total. The quantitative estimate of drug-likeness (QED) is 0.904. The molecule has 1 aliphatic heterocycles. The number of carbonyl (C=O) groups is 1. The molecule has 0 aliphatic carbocycles. The Kier molecular flexibility index (Phi) is 5.03. The minimum Gasteiger partial charge on any atom is -0.444 e. The molecule has 122 valence electrons. The molecule has 2 atom stereocenters. The van der Waals surface area contributed by atoms with Crippen molar-refractivity contribution >= 4 is 17.7 Å². The lowest BCUT2D eigenvalue weighted by molar-refractivity contribution is 0.0224. The number of likely N-dealkylation sites (N-methyl/N-ethyl adjacent to an activating group) is 1. The van der Waals surface area contributed by atoms with Crippen LogP contribution in [0.3, 0.4) is 0 Å². The van der Waals surface area contributed by atoms with Crippen LogP contribution in [0.4, 0.5) is 4.79 Å². The van der Waals surface area contributed by atoms with Gasteiger partial charge in [0, 0.05) is 31.1 Å². The third kappa shape index (κ3) is 3.93. The van der Waals surface area contributed by atoms with E-state index in [9.17, 15) is 4.79 Å². The predicted molar refractivity (Wildman–Crippen MR) is 89.6 cm³/mol. The zero-order valence-corrected chi connectivity index (χ0v) is 14.7. The molecule has 1 heterocycles. The predicted octanol–water partition coefficient (Wildman–Crippen LogP) is 3.57. The molecule has 1 saturated heterocycles. The third-order valence-electron chi connectivity index (χ3n) is 3.99. The van der Waals surface area contributed by atoms with Crippen LogP contribution < -0.4 is 5.32 Å². The van der Waals surface area contributed by atoms with Gasteiger partial charge in [0.25, 0.3) is 0 Å². The first kappa shape index (κ1) is 17.1. The zero-order chi connectivity index (χ0) is 16.5. The molecule has 22 heavy (non-hydrogen) atoms. The summed E-state index contributed by atoms with van der Waals surface area (Å²) in [5.41, 5.74) is 1.73. The van der Waals surface area contributed by atoms with E-state index in [1.807, 2.05) is 39.8 Å². The zero-order valence-electron chi connectivity index (χ0n) is 13.9. The van der Waals surface area contributed by atoms with Crippen molar-refractivity contribution in [3.05, 3.63) is 34.3 Å². The second-order valence-electron chi connectivity index (χ2n) is 6.93. The maximum absolute atomic E-state index is 12.3. The minimum atomic E-state index is -0.486. The lowest BCUT2D eigenvalue weighted by Crippen LogP contribution is -2.44. The van der Waals surface area contributed by atoms with Crippen molar-refractivity contribution < 1.29 is 9.53 Å². The van der Waals surface area contributed by atoms with Gasteiger partial charge in [0.2, 0.25) is 0 Å². The molecule has 1 amide bonds. The fourth-order valence-corrected chi connectivity index (χ4v) is 2.91. The van der Waals surface area contributed by atoms with Gasteiger partial charge in [-0.05, 0) is 44.9 Å². The topological polar surface area (TPSA) is 41.6 Å². The SMILES string of the molecule is Cc1ccc([C@H]2CNC[C@@H]2N(C)C(=O)OC(C)(C)C)cc1Cl. The van der Waals surface area contributed by atoms with E-state index in [1.54, 1.807) is 11.9 Å². The number of aryl methyl sites for hydroxylation is 1. The van der Waals surface area contributed by atoms with Crippen molar-refractivity contribution in [3.8, 4) is 0 Å². The first-order valence-corrected chi connectivity index (χ1v) is 7.99. The number of nitrogens with one attached hydrogen (secondary N) is 1. The van der Waals surface area contributed by atoms with Crippen molar-refractivity contribution in [2.45, 2.75) is 45.3 Å². The monoisotopic (exact) mass is 324 g/mol. The molecule has 1 aromatic carbocycles. The Morgan fingerprint density at radius 1 is 1.36 bits per heavy atom. The van der Waals surface area contributed by atoms with E-state index in [0.29, 0.717) is 0 Å². The number of ether oxygens (including phenoxy) is 1. The number of carbonyl (C=O) groups excluding carboxylic acids is 1. The Morgan fingerprint density at radius 2 is 2.05 bits per heavy atom. The number of amides is 1. The van der Waals surface area contributed by atoms with E-state index < -0.39 is 5.60 Å². The van der Waals surface area contributed by atoms with Gasteiger partial charge in [0.15, 0.2) is 0 Å². The Labute approximate surface area is 137 Å². The molecular weight excluding hydrogens is 300 g/mol. The summed E-state index contributed by atoms with van der Waals surface area (Å²) < 4.78 is 5.47. The minimum absolute atomic E-state index is 0.0635. The van der Waals surface area contributed by atoms with Crippen molar-refractivity contribution in [2.24, 2.45) is 0 Å². The molecular formula is C17H25ClN2O2. The van der Waals surface area contributed by atoms with Gasteiger partial charge < -0.3 is 15.0 Å². The first-order chi connectivity index (χ1) is 10.2. The number of hydrogen-bond donors (Lipinski definition) is 1. The molecule has 1 aromatic rings. The molecule has 0 radical (unpaired) electrons. The van der Waals surface area contributed by atoms with Gasteiger partial charge >= 0.3 is 6.09 Å². The van der Waals surface area contributed by atoms with Crippen LogP contribution in [0, 0.1) is 6.92 Å². The van der Waals surface area contributed by atoms with E-state index in [-0.39, 0.29) is 18.1 Å². The summed E-state index contributed by atoms with van der Waals surface area (Å²) in [7, 11) is 1.80. The van der Waals surface area contributed by atoms with Gasteiger partial charge in [-0.1, -0.05) is 23.7 Å². The summed E-state index contributed by atoms with van der Waals surface area (Å²) in [6.45, 7) is 9.21. The van der Waals surface area contributed by atoms with Crippen molar-refractivity contribution in [2.75, 3.05) is 20.1 Å². The van der Waals surface area contributed by atoms with Crippen LogP contribution in [0.2, 0.25) is 5.02 Å². The molecule has 0 unspecified atom stereocenters. The van der Waals surface area contributed by atoms with Crippen molar-refractivity contribution in [1.82, 2.24) is 10.2 Å². The number of hydrogen-bond acceptors (Lipinski definition) is 3. The molecule has 1 fully saturated rings. The molecule has 0 bridgehead atoms. The molecule has 0 spiro atoms. The Bertz CT molecular complexity index is 554. The molecule has 0 aromatic heterocycles. The highest BCUT2D eigenvalue weighted by Crippen LogP contribution is 2.30. The Hall–Kier alpha value is -1.26. The largest absolute Gasteiger partial charge is 0.444 e. The summed E-state index contributed by atoms with van der Waals surface area (Å²) in [4.78, 5) is 14.0. The standard InChI is InChI=1S/C17H25ClN2O2/c1-11-6-7-12(8-14(11)18)13-9-19-10-15(13)20(5)16(21)22-17(2,3)4/h6-8,13,15,19H,9-10H2,1-5H3/t13-,15+/m1/s1. The van der Waals surface area contributed by atoms with Crippen LogP contribution in [0.5, 0.6) is 0 Å². The van der Waals surface area contributed by atoms with Crippen LogP contribution in [0.1, 0.15) is 37.8 Å². The van der Waals surface area contributed by atoms with E-state index in [0.717, 1.165) is 29.2 Å². The average Bonchev–Trinajstić information content (AvgIpc) is 2.88. The van der Waals surface area contributed by atoms with E-state index in [1.165, 1.54) is 0 Å².